The molecule has 0 bridgehead atoms. The first-order valence-corrected chi connectivity index (χ1v) is 11.3. The Morgan fingerprint density at radius 1 is 1.30 bits per heavy atom. The average Bonchev–Trinajstić information content (AvgIpc) is 3.19. The molecule has 0 unspecified atom stereocenters. The van der Waals surface area contributed by atoms with E-state index in [1.807, 2.05) is 0 Å². The van der Waals surface area contributed by atoms with Crippen LogP contribution in [0.3, 0.4) is 0 Å². The van der Waals surface area contributed by atoms with Gasteiger partial charge in [0.2, 0.25) is 0 Å². The molecular weight excluding hydrogens is 352 g/mol. The van der Waals surface area contributed by atoms with Crippen LogP contribution in [-0.4, -0.2) is 55.2 Å². The van der Waals surface area contributed by atoms with E-state index < -0.39 is 0 Å². The summed E-state index contributed by atoms with van der Waals surface area (Å²) in [6.07, 6.45) is 5.91. The van der Waals surface area contributed by atoms with Gasteiger partial charge in [-0.25, -0.2) is 4.98 Å². The Morgan fingerprint density at radius 3 is 2.59 bits per heavy atom. The van der Waals surface area contributed by atoms with Crippen LogP contribution in [0, 0.1) is 5.41 Å². The second kappa shape index (κ2) is 8.89. The number of aromatic nitrogens is 1. The van der Waals surface area contributed by atoms with E-state index in [0.717, 1.165) is 44.3 Å². The molecule has 2 fully saturated rings. The molecule has 27 heavy (non-hydrogen) atoms. The quantitative estimate of drug-likeness (QED) is 0.731. The highest BCUT2D eigenvalue weighted by Crippen LogP contribution is 2.33. The van der Waals surface area contributed by atoms with Crippen molar-refractivity contribution in [3.05, 3.63) is 29.3 Å². The maximum absolute atomic E-state index is 4.94. The van der Waals surface area contributed by atoms with Gasteiger partial charge in [-0.05, 0) is 55.8 Å². The van der Waals surface area contributed by atoms with Crippen molar-refractivity contribution in [1.29, 1.82) is 0 Å². The smallest absolute Gasteiger partial charge is 0.185 e. The van der Waals surface area contributed by atoms with Gasteiger partial charge in [0.1, 0.15) is 0 Å². The molecule has 5 heteroatoms. The predicted octanol–water partition coefficient (Wildman–Crippen LogP) is 4.41. The Kier molecular flexibility index (Phi) is 6.77. The van der Waals surface area contributed by atoms with E-state index in [1.54, 1.807) is 11.3 Å². The lowest BCUT2D eigenvalue weighted by Gasteiger charge is -2.40. The third-order valence-electron chi connectivity index (χ3n) is 6.45. The van der Waals surface area contributed by atoms with E-state index in [-0.39, 0.29) is 5.41 Å². The van der Waals surface area contributed by atoms with Gasteiger partial charge in [-0.2, -0.15) is 0 Å². The zero-order valence-corrected chi connectivity index (χ0v) is 18.4. The maximum Gasteiger partial charge on any atom is 0.185 e. The number of piperazine rings is 1. The SMILES string of the molecule is C=C(/C=C(\C)c1csc(N2CCN(C3CCNCC3)CC2)n1)C(C)(C)CC. The van der Waals surface area contributed by atoms with Crippen molar-refractivity contribution in [2.45, 2.75) is 53.0 Å². The van der Waals surface area contributed by atoms with Crippen molar-refractivity contribution in [1.82, 2.24) is 15.2 Å². The van der Waals surface area contributed by atoms with Crippen LogP contribution in [0.4, 0.5) is 5.13 Å². The van der Waals surface area contributed by atoms with Gasteiger partial charge in [-0.3, -0.25) is 4.90 Å². The maximum atomic E-state index is 4.94. The van der Waals surface area contributed by atoms with Crippen LogP contribution in [0.2, 0.25) is 0 Å². The monoisotopic (exact) mass is 388 g/mol. The van der Waals surface area contributed by atoms with Gasteiger partial charge in [-0.15, -0.1) is 11.3 Å². The Balaban J connectivity index is 1.59. The number of anilines is 1. The van der Waals surface area contributed by atoms with Crippen molar-refractivity contribution in [2.75, 3.05) is 44.2 Å². The summed E-state index contributed by atoms with van der Waals surface area (Å²) in [6.45, 7) is 20.0. The Labute approximate surface area is 169 Å². The van der Waals surface area contributed by atoms with E-state index in [1.165, 1.54) is 42.2 Å². The van der Waals surface area contributed by atoms with Gasteiger partial charge < -0.3 is 10.2 Å². The normalized spacial score (nSPS) is 20.9. The van der Waals surface area contributed by atoms with E-state index >= 15 is 0 Å². The third kappa shape index (κ3) is 5.01. The van der Waals surface area contributed by atoms with E-state index in [4.69, 9.17) is 4.98 Å². The number of hydrogen-bond donors (Lipinski definition) is 1. The molecule has 0 aromatic carbocycles. The topological polar surface area (TPSA) is 31.4 Å². The molecule has 0 amide bonds. The molecule has 150 valence electrons. The van der Waals surface area contributed by atoms with Gasteiger partial charge >= 0.3 is 0 Å². The second-order valence-corrected chi connectivity index (χ2v) is 9.45. The fraction of sp³-hybridized carbons (Fsp3) is 0.682. The van der Waals surface area contributed by atoms with Gasteiger partial charge in [-0.1, -0.05) is 33.4 Å². The summed E-state index contributed by atoms with van der Waals surface area (Å²) in [5.74, 6) is 0. The molecule has 2 saturated heterocycles. The fourth-order valence-electron chi connectivity index (χ4n) is 3.80. The molecular formula is C22H36N4S. The summed E-state index contributed by atoms with van der Waals surface area (Å²) in [5, 5.41) is 6.84. The number of allylic oxidation sites excluding steroid dienone is 3. The van der Waals surface area contributed by atoms with E-state index in [0.29, 0.717) is 0 Å². The van der Waals surface area contributed by atoms with Gasteiger partial charge in [0.15, 0.2) is 5.13 Å². The molecule has 4 nitrogen and oxygen atoms in total. The highest BCUT2D eigenvalue weighted by molar-refractivity contribution is 7.13. The molecule has 2 aliphatic heterocycles. The first kappa shape index (κ1) is 20.6. The lowest BCUT2D eigenvalue weighted by molar-refractivity contribution is 0.153. The van der Waals surface area contributed by atoms with Crippen molar-refractivity contribution in [3.8, 4) is 0 Å². The summed E-state index contributed by atoms with van der Waals surface area (Å²) in [6, 6.07) is 0.776. The summed E-state index contributed by atoms with van der Waals surface area (Å²) in [7, 11) is 0. The number of rotatable bonds is 6. The molecule has 3 rings (SSSR count). The molecule has 2 aliphatic rings. The van der Waals surface area contributed by atoms with Gasteiger partial charge in [0.05, 0.1) is 5.69 Å². The highest BCUT2D eigenvalue weighted by atomic mass is 32.1. The summed E-state index contributed by atoms with van der Waals surface area (Å²) < 4.78 is 0. The zero-order valence-electron chi connectivity index (χ0n) is 17.6. The number of nitrogens with one attached hydrogen (secondary N) is 1. The minimum Gasteiger partial charge on any atom is -0.346 e. The molecule has 1 aromatic heterocycles. The highest BCUT2D eigenvalue weighted by Gasteiger charge is 2.26. The van der Waals surface area contributed by atoms with Gasteiger partial charge in [0.25, 0.3) is 0 Å². The minimum absolute atomic E-state index is 0.144. The minimum atomic E-state index is 0.144. The number of nitrogens with zero attached hydrogens (tertiary/aromatic N) is 3. The van der Waals surface area contributed by atoms with Crippen molar-refractivity contribution in [2.24, 2.45) is 5.41 Å². The zero-order chi connectivity index (χ0) is 19.4. The lowest BCUT2D eigenvalue weighted by atomic mass is 9.82. The molecule has 0 saturated carbocycles. The summed E-state index contributed by atoms with van der Waals surface area (Å²) in [4.78, 5) is 10.1. The number of piperidine rings is 1. The van der Waals surface area contributed by atoms with Crippen LogP contribution in [0.15, 0.2) is 23.6 Å². The van der Waals surface area contributed by atoms with Crippen LogP contribution < -0.4 is 10.2 Å². The molecule has 0 radical (unpaired) electrons. The molecule has 1 N–H and O–H groups in total. The van der Waals surface area contributed by atoms with E-state index in [2.05, 4.69) is 60.8 Å². The lowest BCUT2D eigenvalue weighted by Crippen LogP contribution is -2.52. The molecule has 1 aromatic rings. The molecule has 0 aliphatic carbocycles. The molecule has 0 spiro atoms. The van der Waals surface area contributed by atoms with Crippen molar-refractivity contribution < 1.29 is 0 Å². The standard InChI is InChI=1S/C22H36N4S/c1-6-22(4,5)18(3)15-17(2)20-16-27-21(24-20)26-13-11-25(12-14-26)19-7-9-23-10-8-19/h15-16,19,23H,3,6-14H2,1-2,4-5H3/b17-15+. The average molecular weight is 389 g/mol. The Hall–Kier alpha value is -1.17. The second-order valence-electron chi connectivity index (χ2n) is 8.61. The van der Waals surface area contributed by atoms with Crippen LogP contribution in [0.1, 0.15) is 52.7 Å². The van der Waals surface area contributed by atoms with Crippen molar-refractivity contribution >= 4 is 22.0 Å². The summed E-state index contributed by atoms with van der Waals surface area (Å²) in [5.41, 5.74) is 3.65. The van der Waals surface area contributed by atoms with Gasteiger partial charge in [0, 0.05) is 37.6 Å². The van der Waals surface area contributed by atoms with Crippen LogP contribution >= 0.6 is 11.3 Å². The Bertz CT molecular complexity index is 662. The third-order valence-corrected chi connectivity index (χ3v) is 7.35. The first-order chi connectivity index (χ1) is 12.9. The van der Waals surface area contributed by atoms with Crippen molar-refractivity contribution in [3.63, 3.8) is 0 Å². The van der Waals surface area contributed by atoms with Crippen LogP contribution in [0.25, 0.3) is 5.57 Å². The van der Waals surface area contributed by atoms with E-state index in [9.17, 15) is 0 Å². The first-order valence-electron chi connectivity index (χ1n) is 10.4. The molecule has 3 heterocycles. The van der Waals surface area contributed by atoms with Crippen LogP contribution in [0.5, 0.6) is 0 Å². The largest absolute Gasteiger partial charge is 0.346 e. The number of hydrogen-bond acceptors (Lipinski definition) is 5. The Morgan fingerprint density at radius 2 is 1.96 bits per heavy atom. The van der Waals surface area contributed by atoms with Crippen LogP contribution in [-0.2, 0) is 0 Å². The number of thiazole rings is 1. The fourth-order valence-corrected chi connectivity index (χ4v) is 4.74. The molecule has 0 atom stereocenters. The summed E-state index contributed by atoms with van der Waals surface area (Å²) >= 11 is 1.78. The predicted molar refractivity (Wildman–Crippen MR) is 119 cm³/mol.